The van der Waals surface area contributed by atoms with Gasteiger partial charge in [-0.25, -0.2) is 14.5 Å². The summed E-state index contributed by atoms with van der Waals surface area (Å²) in [7, 11) is 0. The van der Waals surface area contributed by atoms with Crippen molar-refractivity contribution in [2.45, 2.75) is 20.0 Å². The van der Waals surface area contributed by atoms with Crippen molar-refractivity contribution in [1.82, 2.24) is 24.6 Å². The van der Waals surface area contributed by atoms with E-state index in [2.05, 4.69) is 15.4 Å². The first kappa shape index (κ1) is 22.5. The van der Waals surface area contributed by atoms with Crippen LogP contribution >= 0.6 is 11.3 Å². The van der Waals surface area contributed by atoms with Crippen molar-refractivity contribution in [3.05, 3.63) is 93.3 Å². The minimum absolute atomic E-state index is 0.177. The molecular formula is C25H21N5O4S. The number of aryl methyl sites for hydroxylation is 1. The minimum Gasteiger partial charge on any atom is -0.408 e. The Morgan fingerprint density at radius 2 is 1.80 bits per heavy atom. The van der Waals surface area contributed by atoms with Gasteiger partial charge in [0.2, 0.25) is 5.91 Å². The minimum atomic E-state index is -0.596. The van der Waals surface area contributed by atoms with Gasteiger partial charge in [0.1, 0.15) is 17.2 Å². The van der Waals surface area contributed by atoms with Gasteiger partial charge in [0.05, 0.1) is 22.6 Å². The van der Waals surface area contributed by atoms with E-state index >= 15 is 0 Å². The number of rotatable bonds is 7. The smallest absolute Gasteiger partial charge is 0.408 e. The largest absolute Gasteiger partial charge is 0.420 e. The van der Waals surface area contributed by atoms with Crippen LogP contribution in [0.4, 0.5) is 0 Å². The van der Waals surface area contributed by atoms with Gasteiger partial charge >= 0.3 is 5.76 Å². The predicted octanol–water partition coefficient (Wildman–Crippen LogP) is 3.07. The number of hydrogen-bond donors (Lipinski definition) is 1. The van der Waals surface area contributed by atoms with Crippen LogP contribution in [0.5, 0.6) is 0 Å². The summed E-state index contributed by atoms with van der Waals surface area (Å²) >= 11 is 1.51. The number of nitrogens with one attached hydrogen (secondary N) is 1. The first-order valence-corrected chi connectivity index (χ1v) is 11.8. The van der Waals surface area contributed by atoms with Crippen LogP contribution in [0.2, 0.25) is 0 Å². The van der Waals surface area contributed by atoms with Crippen molar-refractivity contribution in [1.29, 1.82) is 0 Å². The Kier molecular flexibility index (Phi) is 6.11. The van der Waals surface area contributed by atoms with Crippen molar-refractivity contribution >= 4 is 28.3 Å². The highest BCUT2D eigenvalue weighted by molar-refractivity contribution is 7.18. The molecule has 0 aliphatic heterocycles. The number of nitrogens with zero attached hydrogens (tertiary/aromatic N) is 4. The summed E-state index contributed by atoms with van der Waals surface area (Å²) in [4.78, 5) is 42.4. The number of fused-ring (bicyclic) bond motifs is 1. The summed E-state index contributed by atoms with van der Waals surface area (Å²) in [6.07, 6.45) is 0. The molecule has 0 fully saturated rings. The second-order valence-electron chi connectivity index (χ2n) is 7.85. The number of oxazole rings is 1. The van der Waals surface area contributed by atoms with E-state index in [1.165, 1.54) is 26.7 Å². The summed E-state index contributed by atoms with van der Waals surface area (Å²) in [6.45, 7) is 2.09. The van der Waals surface area contributed by atoms with Gasteiger partial charge in [-0.3, -0.25) is 14.2 Å². The lowest BCUT2D eigenvalue weighted by molar-refractivity contribution is -0.121. The molecule has 0 unspecified atom stereocenters. The number of benzene rings is 2. The lowest BCUT2D eigenvalue weighted by Gasteiger charge is -2.08. The summed E-state index contributed by atoms with van der Waals surface area (Å²) in [6, 6.07) is 19.9. The summed E-state index contributed by atoms with van der Waals surface area (Å²) in [5.74, 6) is -0.963. The van der Waals surface area contributed by atoms with Crippen molar-refractivity contribution in [3.8, 4) is 21.1 Å². The third kappa shape index (κ3) is 4.69. The standard InChI is InChI=1S/C25H21N5O4S/c1-16-23(35-24(27-16)17-7-3-2-4-8-17)18-11-12-22(32)30(28-18)14-13-26-21(31)15-29-19-9-5-6-10-20(19)34-25(29)33/h2-12H,13-15H2,1H3,(H,26,31). The topological polar surface area (TPSA) is 112 Å². The second kappa shape index (κ2) is 9.51. The van der Waals surface area contributed by atoms with E-state index in [9.17, 15) is 14.4 Å². The van der Waals surface area contributed by atoms with E-state index in [0.717, 1.165) is 21.1 Å². The van der Waals surface area contributed by atoms with Crippen LogP contribution in [0.15, 0.2) is 80.7 Å². The molecule has 3 aromatic heterocycles. The Hall–Kier alpha value is -4.31. The molecule has 0 radical (unpaired) electrons. The molecule has 0 aliphatic carbocycles. The molecule has 176 valence electrons. The molecule has 3 heterocycles. The molecule has 0 saturated carbocycles. The number of aromatic nitrogens is 4. The van der Waals surface area contributed by atoms with Gasteiger partial charge in [0, 0.05) is 18.2 Å². The SMILES string of the molecule is Cc1nc(-c2ccccc2)sc1-c1ccc(=O)n(CCNC(=O)Cn2c(=O)oc3ccccc32)n1. The van der Waals surface area contributed by atoms with E-state index in [4.69, 9.17) is 4.42 Å². The molecule has 0 saturated heterocycles. The number of carbonyl (C=O) groups is 1. The molecule has 1 N–H and O–H groups in total. The Labute approximate surface area is 203 Å². The molecular weight excluding hydrogens is 466 g/mol. The first-order valence-electron chi connectivity index (χ1n) is 11.0. The third-order valence-corrected chi connectivity index (χ3v) is 6.67. The van der Waals surface area contributed by atoms with Crippen LogP contribution in [0, 0.1) is 6.92 Å². The molecule has 35 heavy (non-hydrogen) atoms. The molecule has 2 aromatic carbocycles. The van der Waals surface area contributed by atoms with Crippen LogP contribution in [0.1, 0.15) is 5.69 Å². The predicted molar refractivity (Wildman–Crippen MR) is 133 cm³/mol. The zero-order valence-corrected chi connectivity index (χ0v) is 19.6. The Morgan fingerprint density at radius 1 is 1.03 bits per heavy atom. The van der Waals surface area contributed by atoms with Crippen LogP contribution in [0.25, 0.3) is 32.2 Å². The van der Waals surface area contributed by atoms with E-state index in [0.29, 0.717) is 16.8 Å². The molecule has 5 rings (SSSR count). The van der Waals surface area contributed by atoms with Crippen molar-refractivity contribution in [3.63, 3.8) is 0 Å². The normalized spacial score (nSPS) is 11.1. The molecule has 0 aliphatic rings. The van der Waals surface area contributed by atoms with Gasteiger partial charge in [0.15, 0.2) is 5.58 Å². The highest BCUT2D eigenvalue weighted by atomic mass is 32.1. The van der Waals surface area contributed by atoms with Crippen molar-refractivity contribution in [2.75, 3.05) is 6.54 Å². The summed E-state index contributed by atoms with van der Waals surface area (Å²) in [5, 5.41) is 8.11. The van der Waals surface area contributed by atoms with Gasteiger partial charge in [0.25, 0.3) is 5.56 Å². The number of thiazole rings is 1. The van der Waals surface area contributed by atoms with E-state index in [-0.39, 0.29) is 31.1 Å². The van der Waals surface area contributed by atoms with Gasteiger partial charge in [-0.05, 0) is 25.1 Å². The molecule has 9 nitrogen and oxygen atoms in total. The lowest BCUT2D eigenvalue weighted by Crippen LogP contribution is -2.35. The molecule has 1 amide bonds. The van der Waals surface area contributed by atoms with Gasteiger partial charge in [-0.2, -0.15) is 5.10 Å². The Balaban J connectivity index is 1.27. The maximum atomic E-state index is 12.4. The number of carbonyl (C=O) groups excluding carboxylic acids is 1. The number of hydrogen-bond acceptors (Lipinski definition) is 7. The van der Waals surface area contributed by atoms with Gasteiger partial charge in [-0.15, -0.1) is 11.3 Å². The Bertz CT molecular complexity index is 1630. The van der Waals surface area contributed by atoms with E-state index < -0.39 is 5.76 Å². The van der Waals surface area contributed by atoms with E-state index in [1.807, 2.05) is 37.3 Å². The zero-order valence-electron chi connectivity index (χ0n) is 18.8. The van der Waals surface area contributed by atoms with Gasteiger partial charge < -0.3 is 9.73 Å². The zero-order chi connectivity index (χ0) is 24.4. The van der Waals surface area contributed by atoms with Crippen LogP contribution in [-0.2, 0) is 17.9 Å². The third-order valence-electron chi connectivity index (χ3n) is 5.44. The maximum absolute atomic E-state index is 12.4. The Morgan fingerprint density at radius 3 is 2.63 bits per heavy atom. The first-order chi connectivity index (χ1) is 17.0. The van der Waals surface area contributed by atoms with E-state index in [1.54, 1.807) is 30.3 Å². The molecule has 0 spiro atoms. The fourth-order valence-electron chi connectivity index (χ4n) is 3.73. The number of amides is 1. The average molecular weight is 488 g/mol. The highest BCUT2D eigenvalue weighted by Crippen LogP contribution is 2.33. The summed E-state index contributed by atoms with van der Waals surface area (Å²) in [5.41, 5.74) is 3.19. The van der Waals surface area contributed by atoms with Crippen LogP contribution in [0.3, 0.4) is 0 Å². The van der Waals surface area contributed by atoms with Gasteiger partial charge in [-0.1, -0.05) is 42.5 Å². The van der Waals surface area contributed by atoms with Crippen molar-refractivity contribution in [2.24, 2.45) is 0 Å². The van der Waals surface area contributed by atoms with Crippen LogP contribution < -0.4 is 16.6 Å². The molecule has 0 bridgehead atoms. The van der Waals surface area contributed by atoms with Crippen molar-refractivity contribution < 1.29 is 9.21 Å². The quantitative estimate of drug-likeness (QED) is 0.378. The fraction of sp³-hybridized carbons (Fsp3) is 0.160. The fourth-order valence-corrected chi connectivity index (χ4v) is 4.77. The highest BCUT2D eigenvalue weighted by Gasteiger charge is 2.15. The molecule has 0 atom stereocenters. The number of para-hydroxylation sites is 2. The van der Waals surface area contributed by atoms with Crippen LogP contribution in [-0.4, -0.2) is 31.8 Å². The summed E-state index contributed by atoms with van der Waals surface area (Å²) < 4.78 is 7.74. The molecule has 10 heteroatoms. The lowest BCUT2D eigenvalue weighted by atomic mass is 10.2. The second-order valence-corrected chi connectivity index (χ2v) is 8.85. The maximum Gasteiger partial charge on any atom is 0.420 e. The average Bonchev–Trinajstić information content (AvgIpc) is 3.40. The monoisotopic (exact) mass is 487 g/mol. The molecule has 5 aromatic rings.